The van der Waals surface area contributed by atoms with Crippen LogP contribution in [0.4, 0.5) is 0 Å². The molecule has 0 unspecified atom stereocenters. The second-order valence-electron chi connectivity index (χ2n) is 4.07. The molecule has 0 atom stereocenters. The highest BCUT2D eigenvalue weighted by Crippen LogP contribution is 2.29. The molecule has 0 saturated heterocycles. The molecule has 3 aromatic rings. The Morgan fingerprint density at radius 1 is 0.944 bits per heavy atom. The first-order valence-electron chi connectivity index (χ1n) is 5.45. The summed E-state index contributed by atoms with van der Waals surface area (Å²) in [4.78, 5) is 0. The summed E-state index contributed by atoms with van der Waals surface area (Å²) in [5.41, 5.74) is 1.76. The van der Waals surface area contributed by atoms with E-state index in [1.54, 1.807) is 36.4 Å². The van der Waals surface area contributed by atoms with Crippen LogP contribution in [-0.4, -0.2) is 18.1 Å². The maximum Gasteiger partial charge on any atom is 0.135 e. The monoisotopic (exact) mass is 236 g/mol. The number of phenols is 2. The van der Waals surface area contributed by atoms with Gasteiger partial charge in [-0.05, 0) is 47.9 Å². The van der Waals surface area contributed by atoms with E-state index in [4.69, 9.17) is 12.3 Å². The van der Waals surface area contributed by atoms with Crippen molar-refractivity contribution in [3.05, 3.63) is 42.5 Å². The van der Waals surface area contributed by atoms with Gasteiger partial charge in [-0.3, -0.25) is 0 Å². The summed E-state index contributed by atoms with van der Waals surface area (Å²) in [5.74, 6) is 0.884. The van der Waals surface area contributed by atoms with Gasteiger partial charge in [0, 0.05) is 10.9 Å². The number of hydrogen-bond donors (Lipinski definition) is 2. The molecule has 2 radical (unpaired) electrons. The molecular weight excluding hydrogens is 227 g/mol. The van der Waals surface area contributed by atoms with Crippen molar-refractivity contribution >= 4 is 24.3 Å². The summed E-state index contributed by atoms with van der Waals surface area (Å²) < 4.78 is 5.66. The van der Waals surface area contributed by atoms with Gasteiger partial charge in [0.05, 0.1) is 0 Å². The molecule has 2 N–H and O–H groups in total. The molecule has 0 fully saturated rings. The van der Waals surface area contributed by atoms with Crippen LogP contribution in [-0.2, 0) is 0 Å². The predicted molar refractivity (Wildman–Crippen MR) is 70.4 cm³/mol. The Balaban J connectivity index is 2.19. The van der Waals surface area contributed by atoms with Crippen molar-refractivity contribution in [2.75, 3.05) is 0 Å². The first-order chi connectivity index (χ1) is 8.65. The number of benzene rings is 2. The van der Waals surface area contributed by atoms with Crippen LogP contribution in [0.5, 0.6) is 11.5 Å². The molecule has 0 spiro atoms. The molecule has 1 aromatic heterocycles. The highest BCUT2D eigenvalue weighted by Gasteiger charge is 2.09. The minimum atomic E-state index is 0.0422. The second-order valence-corrected chi connectivity index (χ2v) is 4.07. The Kier molecular flexibility index (Phi) is 2.30. The van der Waals surface area contributed by atoms with Crippen LogP contribution in [0, 0.1) is 0 Å². The lowest BCUT2D eigenvalue weighted by molar-refractivity contribution is 0.475. The zero-order chi connectivity index (χ0) is 12.7. The minimum absolute atomic E-state index is 0.0422. The van der Waals surface area contributed by atoms with E-state index in [0.29, 0.717) is 22.2 Å². The minimum Gasteiger partial charge on any atom is -0.509 e. The summed E-state index contributed by atoms with van der Waals surface area (Å²) in [6.07, 6.45) is 0. The van der Waals surface area contributed by atoms with Crippen molar-refractivity contribution in [1.82, 2.24) is 0 Å². The average molecular weight is 236 g/mol. The molecule has 1 heterocycles. The van der Waals surface area contributed by atoms with E-state index in [2.05, 4.69) is 0 Å². The zero-order valence-electron chi connectivity index (χ0n) is 9.42. The molecule has 86 valence electrons. The van der Waals surface area contributed by atoms with Gasteiger partial charge in [0.2, 0.25) is 0 Å². The Labute approximate surface area is 105 Å². The van der Waals surface area contributed by atoms with Crippen molar-refractivity contribution < 1.29 is 14.6 Å². The van der Waals surface area contributed by atoms with Gasteiger partial charge in [0.25, 0.3) is 0 Å². The third-order valence-corrected chi connectivity index (χ3v) is 2.87. The Morgan fingerprint density at radius 3 is 2.39 bits per heavy atom. The summed E-state index contributed by atoms with van der Waals surface area (Å²) in [7, 11) is 5.78. The third-order valence-electron chi connectivity index (χ3n) is 2.87. The molecule has 4 heteroatoms. The Morgan fingerprint density at radius 2 is 1.67 bits per heavy atom. The fourth-order valence-corrected chi connectivity index (χ4v) is 1.89. The number of rotatable bonds is 1. The first-order valence-corrected chi connectivity index (χ1v) is 5.45. The van der Waals surface area contributed by atoms with Crippen LogP contribution in [0.3, 0.4) is 0 Å². The van der Waals surface area contributed by atoms with Crippen molar-refractivity contribution in [2.45, 2.75) is 0 Å². The Bertz CT molecular complexity index is 714. The summed E-state index contributed by atoms with van der Waals surface area (Å²) >= 11 is 0. The highest BCUT2D eigenvalue weighted by molar-refractivity contribution is 6.40. The lowest BCUT2D eigenvalue weighted by Crippen LogP contribution is -2.02. The van der Waals surface area contributed by atoms with Gasteiger partial charge >= 0.3 is 0 Å². The summed E-state index contributed by atoms with van der Waals surface area (Å²) in [5, 5.41) is 19.5. The van der Waals surface area contributed by atoms with Gasteiger partial charge in [-0.25, -0.2) is 0 Å². The molecule has 0 bridgehead atoms. The van der Waals surface area contributed by atoms with Crippen molar-refractivity contribution in [2.24, 2.45) is 0 Å². The lowest BCUT2D eigenvalue weighted by Gasteiger charge is -1.97. The average Bonchev–Trinajstić information content (AvgIpc) is 2.80. The SMILES string of the molecule is [B]c1c(O)ccc2oc(-c3ccc(O)cc3)cc12. The van der Waals surface area contributed by atoms with E-state index in [9.17, 15) is 10.2 Å². The van der Waals surface area contributed by atoms with E-state index in [1.165, 1.54) is 6.07 Å². The van der Waals surface area contributed by atoms with E-state index in [0.717, 1.165) is 5.56 Å². The van der Waals surface area contributed by atoms with Gasteiger partial charge in [-0.15, -0.1) is 0 Å². The van der Waals surface area contributed by atoms with Crippen molar-refractivity contribution in [3.63, 3.8) is 0 Å². The molecule has 3 nitrogen and oxygen atoms in total. The molecule has 2 aromatic carbocycles. The van der Waals surface area contributed by atoms with Crippen LogP contribution in [0.1, 0.15) is 0 Å². The second kappa shape index (κ2) is 3.84. The van der Waals surface area contributed by atoms with Crippen LogP contribution < -0.4 is 5.46 Å². The third kappa shape index (κ3) is 1.62. The molecule has 0 amide bonds. The van der Waals surface area contributed by atoms with Gasteiger partial charge in [-0.1, -0.05) is 0 Å². The molecule has 0 saturated carbocycles. The van der Waals surface area contributed by atoms with Crippen molar-refractivity contribution in [3.8, 4) is 22.8 Å². The molecule has 0 aliphatic carbocycles. The van der Waals surface area contributed by atoms with Crippen LogP contribution in [0.15, 0.2) is 46.9 Å². The number of furan rings is 1. The topological polar surface area (TPSA) is 53.6 Å². The van der Waals surface area contributed by atoms with Gasteiger partial charge < -0.3 is 14.6 Å². The van der Waals surface area contributed by atoms with E-state index in [1.807, 2.05) is 0 Å². The normalized spacial score (nSPS) is 10.9. The molecule has 0 aliphatic rings. The van der Waals surface area contributed by atoms with Crippen LogP contribution in [0.2, 0.25) is 0 Å². The zero-order valence-corrected chi connectivity index (χ0v) is 9.42. The number of phenolic OH excluding ortho intramolecular Hbond substituents is 2. The van der Waals surface area contributed by atoms with Crippen LogP contribution >= 0.6 is 0 Å². The maximum atomic E-state index is 9.53. The number of fused-ring (bicyclic) bond motifs is 1. The predicted octanol–water partition coefficient (Wildman–Crippen LogP) is 2.30. The van der Waals surface area contributed by atoms with Gasteiger partial charge in [-0.2, -0.15) is 0 Å². The van der Waals surface area contributed by atoms with E-state index >= 15 is 0 Å². The van der Waals surface area contributed by atoms with E-state index in [-0.39, 0.29) is 11.5 Å². The summed E-state index contributed by atoms with van der Waals surface area (Å²) in [6.45, 7) is 0. The highest BCUT2D eigenvalue weighted by atomic mass is 16.3. The van der Waals surface area contributed by atoms with Gasteiger partial charge in [0.15, 0.2) is 0 Å². The van der Waals surface area contributed by atoms with Crippen molar-refractivity contribution in [1.29, 1.82) is 0 Å². The quantitative estimate of drug-likeness (QED) is 0.637. The number of hydrogen-bond acceptors (Lipinski definition) is 3. The maximum absolute atomic E-state index is 9.53. The van der Waals surface area contributed by atoms with Crippen LogP contribution in [0.25, 0.3) is 22.3 Å². The molecule has 0 aliphatic heterocycles. The van der Waals surface area contributed by atoms with E-state index < -0.39 is 0 Å². The molecule has 3 rings (SSSR count). The number of aromatic hydroxyl groups is 2. The van der Waals surface area contributed by atoms with Gasteiger partial charge in [0.1, 0.15) is 30.7 Å². The molecule has 18 heavy (non-hydrogen) atoms. The first kappa shape index (κ1) is 10.8. The lowest BCUT2D eigenvalue weighted by atomic mass is 9.91. The largest absolute Gasteiger partial charge is 0.509 e. The fraction of sp³-hybridized carbons (Fsp3) is 0. The molecular formula is C14H9BO3. The summed E-state index contributed by atoms with van der Waals surface area (Å²) in [6, 6.07) is 11.6. The fourth-order valence-electron chi connectivity index (χ4n) is 1.89. The standard InChI is InChI=1S/C14H9BO3/c15-14-10-7-13(8-1-3-9(16)4-2-8)18-12(10)6-5-11(14)17/h1-7,16-17H. The Hall–Kier alpha value is -2.36. The smallest absolute Gasteiger partial charge is 0.135 e.